The van der Waals surface area contributed by atoms with Gasteiger partial charge < -0.3 is 9.67 Å². The number of nitrogens with zero attached hydrogens (tertiary/aromatic N) is 2. The molecule has 0 spiro atoms. The second-order valence-corrected chi connectivity index (χ2v) is 5.31. The SMILES string of the molecule is CC1CCC(n2ccnc2SCC(=O)O)C1. The maximum atomic E-state index is 10.5. The van der Waals surface area contributed by atoms with Crippen molar-refractivity contribution in [3.8, 4) is 0 Å². The molecule has 16 heavy (non-hydrogen) atoms. The van der Waals surface area contributed by atoms with E-state index in [0.29, 0.717) is 6.04 Å². The van der Waals surface area contributed by atoms with Gasteiger partial charge in [0.25, 0.3) is 0 Å². The third-order valence-corrected chi connectivity index (χ3v) is 3.98. The van der Waals surface area contributed by atoms with E-state index < -0.39 is 5.97 Å². The monoisotopic (exact) mass is 240 g/mol. The summed E-state index contributed by atoms with van der Waals surface area (Å²) in [5.74, 6) is 0.0586. The molecule has 0 bridgehead atoms. The molecule has 88 valence electrons. The van der Waals surface area contributed by atoms with E-state index in [2.05, 4.69) is 16.5 Å². The summed E-state index contributed by atoms with van der Waals surface area (Å²) in [4.78, 5) is 14.7. The highest BCUT2D eigenvalue weighted by molar-refractivity contribution is 7.99. The fourth-order valence-corrected chi connectivity index (χ4v) is 2.99. The highest BCUT2D eigenvalue weighted by Crippen LogP contribution is 2.36. The number of hydrogen-bond acceptors (Lipinski definition) is 3. The van der Waals surface area contributed by atoms with Crippen LogP contribution < -0.4 is 0 Å². The quantitative estimate of drug-likeness (QED) is 0.821. The molecule has 1 fully saturated rings. The van der Waals surface area contributed by atoms with Crippen molar-refractivity contribution < 1.29 is 9.90 Å². The standard InChI is InChI=1S/C11H16N2O2S/c1-8-2-3-9(6-8)13-5-4-12-11(13)16-7-10(14)15/h4-5,8-9H,2-3,6-7H2,1H3,(H,14,15). The number of carboxylic acids is 1. The smallest absolute Gasteiger partial charge is 0.313 e. The van der Waals surface area contributed by atoms with Gasteiger partial charge in [0.05, 0.1) is 5.75 Å². The molecule has 1 aromatic rings. The zero-order chi connectivity index (χ0) is 11.5. The van der Waals surface area contributed by atoms with E-state index in [0.717, 1.165) is 11.1 Å². The van der Waals surface area contributed by atoms with Crippen molar-refractivity contribution in [3.63, 3.8) is 0 Å². The fraction of sp³-hybridized carbons (Fsp3) is 0.636. The molecule has 0 radical (unpaired) electrons. The Morgan fingerprint density at radius 3 is 3.12 bits per heavy atom. The number of thioether (sulfide) groups is 1. The number of hydrogen-bond donors (Lipinski definition) is 1. The van der Waals surface area contributed by atoms with E-state index >= 15 is 0 Å². The second-order valence-electron chi connectivity index (χ2n) is 4.37. The van der Waals surface area contributed by atoms with Gasteiger partial charge >= 0.3 is 5.97 Å². The van der Waals surface area contributed by atoms with E-state index in [-0.39, 0.29) is 5.75 Å². The van der Waals surface area contributed by atoms with Crippen molar-refractivity contribution >= 4 is 17.7 Å². The molecule has 4 nitrogen and oxygen atoms in total. The lowest BCUT2D eigenvalue weighted by Gasteiger charge is -2.14. The number of rotatable bonds is 4. The molecule has 0 saturated heterocycles. The molecule has 2 rings (SSSR count). The highest BCUT2D eigenvalue weighted by atomic mass is 32.2. The summed E-state index contributed by atoms with van der Waals surface area (Å²) >= 11 is 1.30. The van der Waals surface area contributed by atoms with E-state index in [1.807, 2.05) is 6.20 Å². The number of aromatic nitrogens is 2. The topological polar surface area (TPSA) is 55.1 Å². The summed E-state index contributed by atoms with van der Waals surface area (Å²) in [6.07, 6.45) is 7.33. The predicted molar refractivity (Wildman–Crippen MR) is 62.6 cm³/mol. The molecule has 2 unspecified atom stereocenters. The molecule has 0 aromatic carbocycles. The number of aliphatic carboxylic acids is 1. The van der Waals surface area contributed by atoms with Crippen LogP contribution in [-0.2, 0) is 4.79 Å². The third kappa shape index (κ3) is 2.58. The molecule has 1 aromatic heterocycles. The number of carboxylic acid groups (broad SMARTS) is 1. The van der Waals surface area contributed by atoms with Crippen molar-refractivity contribution in [2.45, 2.75) is 37.4 Å². The first-order valence-electron chi connectivity index (χ1n) is 5.54. The number of imidazole rings is 1. The zero-order valence-corrected chi connectivity index (χ0v) is 10.1. The van der Waals surface area contributed by atoms with Crippen LogP contribution in [0, 0.1) is 5.92 Å². The van der Waals surface area contributed by atoms with Crippen molar-refractivity contribution in [1.29, 1.82) is 0 Å². The molecular weight excluding hydrogens is 224 g/mol. The fourth-order valence-electron chi connectivity index (χ4n) is 2.25. The summed E-state index contributed by atoms with van der Waals surface area (Å²) in [5, 5.41) is 9.49. The third-order valence-electron chi connectivity index (χ3n) is 3.02. The van der Waals surface area contributed by atoms with Crippen LogP contribution in [-0.4, -0.2) is 26.4 Å². The van der Waals surface area contributed by atoms with Crippen LogP contribution in [0.25, 0.3) is 0 Å². The van der Waals surface area contributed by atoms with Crippen molar-refractivity contribution in [1.82, 2.24) is 9.55 Å². The highest BCUT2D eigenvalue weighted by Gasteiger charge is 2.24. The molecule has 5 heteroatoms. The first kappa shape index (κ1) is 11.5. The Morgan fingerprint density at radius 1 is 1.69 bits per heavy atom. The van der Waals surface area contributed by atoms with Gasteiger partial charge in [0.15, 0.2) is 5.16 Å². The van der Waals surface area contributed by atoms with E-state index in [4.69, 9.17) is 5.11 Å². The van der Waals surface area contributed by atoms with Crippen LogP contribution in [0.4, 0.5) is 0 Å². The minimum absolute atomic E-state index is 0.0826. The average molecular weight is 240 g/mol. The summed E-state index contributed by atoms with van der Waals surface area (Å²) in [5.41, 5.74) is 0. The second kappa shape index (κ2) is 4.91. The zero-order valence-electron chi connectivity index (χ0n) is 9.30. The Morgan fingerprint density at radius 2 is 2.50 bits per heavy atom. The molecule has 2 atom stereocenters. The van der Waals surface area contributed by atoms with Gasteiger partial charge in [-0.3, -0.25) is 4.79 Å². The first-order valence-corrected chi connectivity index (χ1v) is 6.53. The Bertz CT molecular complexity index is 378. The summed E-state index contributed by atoms with van der Waals surface area (Å²) in [6.45, 7) is 2.26. The molecule has 0 aliphatic heterocycles. The van der Waals surface area contributed by atoms with Crippen LogP contribution in [0.5, 0.6) is 0 Å². The Hall–Kier alpha value is -0.970. The lowest BCUT2D eigenvalue weighted by Crippen LogP contribution is -2.07. The minimum atomic E-state index is -0.792. The lowest BCUT2D eigenvalue weighted by atomic mass is 10.1. The molecule has 0 amide bonds. The molecule has 1 N–H and O–H groups in total. The van der Waals surface area contributed by atoms with Gasteiger partial charge in [-0.05, 0) is 25.2 Å². The Kier molecular flexibility index (Phi) is 3.53. The molecule has 1 heterocycles. The van der Waals surface area contributed by atoms with Crippen molar-refractivity contribution in [3.05, 3.63) is 12.4 Å². The van der Waals surface area contributed by atoms with E-state index in [1.54, 1.807) is 6.20 Å². The summed E-state index contributed by atoms with van der Waals surface area (Å²) < 4.78 is 2.14. The predicted octanol–water partition coefficient (Wildman–Crippen LogP) is 2.42. The van der Waals surface area contributed by atoms with E-state index in [9.17, 15) is 4.79 Å². The van der Waals surface area contributed by atoms with Gasteiger partial charge in [0.2, 0.25) is 0 Å². The lowest BCUT2D eigenvalue weighted by molar-refractivity contribution is -0.133. The van der Waals surface area contributed by atoms with Gasteiger partial charge in [0.1, 0.15) is 0 Å². The summed E-state index contributed by atoms with van der Waals surface area (Å²) in [6, 6.07) is 0.508. The Labute approximate surface area is 99.1 Å². The molecule has 1 aliphatic carbocycles. The van der Waals surface area contributed by atoms with Crippen LogP contribution in [0.2, 0.25) is 0 Å². The van der Waals surface area contributed by atoms with Crippen LogP contribution in [0.3, 0.4) is 0 Å². The summed E-state index contributed by atoms with van der Waals surface area (Å²) in [7, 11) is 0. The van der Waals surface area contributed by atoms with E-state index in [1.165, 1.54) is 31.0 Å². The number of carbonyl (C=O) groups is 1. The van der Waals surface area contributed by atoms with Crippen LogP contribution in [0.15, 0.2) is 17.6 Å². The maximum Gasteiger partial charge on any atom is 0.313 e. The van der Waals surface area contributed by atoms with Gasteiger partial charge in [-0.2, -0.15) is 0 Å². The van der Waals surface area contributed by atoms with Gasteiger partial charge in [-0.25, -0.2) is 4.98 Å². The normalized spacial score (nSPS) is 24.8. The van der Waals surface area contributed by atoms with Gasteiger partial charge in [0, 0.05) is 18.4 Å². The average Bonchev–Trinajstić information content (AvgIpc) is 2.82. The van der Waals surface area contributed by atoms with Crippen LogP contribution in [0.1, 0.15) is 32.2 Å². The first-order chi connectivity index (χ1) is 7.66. The van der Waals surface area contributed by atoms with Gasteiger partial charge in [-0.15, -0.1) is 0 Å². The molecule has 1 saturated carbocycles. The minimum Gasteiger partial charge on any atom is -0.481 e. The maximum absolute atomic E-state index is 10.5. The molecule has 1 aliphatic rings. The largest absolute Gasteiger partial charge is 0.481 e. The Balaban J connectivity index is 2.04. The van der Waals surface area contributed by atoms with Crippen molar-refractivity contribution in [2.75, 3.05) is 5.75 Å². The molecular formula is C11H16N2O2S. The van der Waals surface area contributed by atoms with Crippen molar-refractivity contribution in [2.24, 2.45) is 5.92 Å². The van der Waals surface area contributed by atoms with Crippen LogP contribution >= 0.6 is 11.8 Å². The van der Waals surface area contributed by atoms with Gasteiger partial charge in [-0.1, -0.05) is 18.7 Å².